The quantitative estimate of drug-likeness (QED) is 0.207. The highest BCUT2D eigenvalue weighted by atomic mass is 16.5. The monoisotopic (exact) mass is 359 g/mol. The zero-order chi connectivity index (χ0) is 18.6. The lowest BCUT2D eigenvalue weighted by Crippen LogP contribution is -2.43. The predicted molar refractivity (Wildman–Crippen MR) is 99.9 cm³/mol. The molecule has 0 aliphatic carbocycles. The first-order valence-corrected chi connectivity index (χ1v) is 9.36. The number of carbonyl (C=O) groups excluding carboxylic acids is 1. The van der Waals surface area contributed by atoms with E-state index in [0.717, 1.165) is 45.2 Å². The van der Waals surface area contributed by atoms with E-state index in [-0.39, 0.29) is 0 Å². The van der Waals surface area contributed by atoms with Gasteiger partial charge in [-0.2, -0.15) is 4.99 Å². The molecular formula is C18H37N3O4. The fourth-order valence-corrected chi connectivity index (χ4v) is 2.26. The van der Waals surface area contributed by atoms with Crippen LogP contribution in [-0.4, -0.2) is 78.4 Å². The lowest BCUT2D eigenvalue weighted by molar-refractivity contribution is -0.0226. The summed E-state index contributed by atoms with van der Waals surface area (Å²) in [5, 5.41) is 6.15. The number of nitrogens with zero attached hydrogens (tertiary/aromatic N) is 1. The molecule has 0 amide bonds. The molecule has 0 radical (unpaired) electrons. The van der Waals surface area contributed by atoms with Gasteiger partial charge in [-0.3, -0.25) is 0 Å². The number of hydrogen-bond acceptors (Lipinski definition) is 7. The normalized spacial score (nSPS) is 11.5. The Morgan fingerprint density at radius 3 is 1.72 bits per heavy atom. The maximum Gasteiger partial charge on any atom is 0.235 e. The molecule has 0 aromatic rings. The highest BCUT2D eigenvalue weighted by Gasteiger charge is 2.31. The van der Waals surface area contributed by atoms with Gasteiger partial charge < -0.3 is 24.8 Å². The second-order valence-electron chi connectivity index (χ2n) is 6.21. The highest BCUT2D eigenvalue weighted by molar-refractivity contribution is 5.35. The Morgan fingerprint density at radius 1 is 0.840 bits per heavy atom. The first kappa shape index (κ1) is 24.2. The molecule has 0 aromatic heterocycles. The Hall–Kier alpha value is -0.820. The molecule has 7 heteroatoms. The summed E-state index contributed by atoms with van der Waals surface area (Å²) in [6, 6.07) is 0. The van der Waals surface area contributed by atoms with Crippen LogP contribution >= 0.6 is 0 Å². The lowest BCUT2D eigenvalue weighted by atomic mass is 10.0. The summed E-state index contributed by atoms with van der Waals surface area (Å²) in [7, 11) is 3.81. The zero-order valence-electron chi connectivity index (χ0n) is 16.3. The number of unbranched alkanes of at least 4 members (excludes halogenated alkanes) is 2. The molecule has 0 atom stereocenters. The molecule has 7 nitrogen and oxygen atoms in total. The van der Waals surface area contributed by atoms with Crippen molar-refractivity contribution in [3.8, 4) is 0 Å². The minimum Gasteiger partial charge on any atom is -0.379 e. The van der Waals surface area contributed by atoms with Crippen LogP contribution in [0.2, 0.25) is 0 Å². The van der Waals surface area contributed by atoms with Gasteiger partial charge in [-0.1, -0.05) is 19.8 Å². The van der Waals surface area contributed by atoms with E-state index in [4.69, 9.17) is 14.2 Å². The topological polar surface area (TPSA) is 81.2 Å². The molecule has 25 heavy (non-hydrogen) atoms. The van der Waals surface area contributed by atoms with Gasteiger partial charge in [0.15, 0.2) is 0 Å². The number of hydrogen-bond donors (Lipinski definition) is 2. The van der Waals surface area contributed by atoms with E-state index in [0.29, 0.717) is 39.6 Å². The molecule has 0 heterocycles. The van der Waals surface area contributed by atoms with Gasteiger partial charge in [0.05, 0.1) is 19.8 Å². The van der Waals surface area contributed by atoms with E-state index in [1.165, 1.54) is 0 Å². The number of rotatable bonds is 19. The Kier molecular flexibility index (Phi) is 17.4. The minimum atomic E-state index is -0.812. The Labute approximate surface area is 152 Å². The highest BCUT2D eigenvalue weighted by Crippen LogP contribution is 2.14. The van der Waals surface area contributed by atoms with Crippen LogP contribution in [0.1, 0.15) is 39.0 Å². The summed E-state index contributed by atoms with van der Waals surface area (Å²) in [6.07, 6.45) is 6.75. The van der Waals surface area contributed by atoms with Crippen LogP contribution in [0, 0.1) is 0 Å². The SMILES string of the molecule is CCCCCOCC(COCCCNC)(COCCCNC)N=C=O. The molecule has 0 saturated carbocycles. The lowest BCUT2D eigenvalue weighted by Gasteiger charge is -2.28. The van der Waals surface area contributed by atoms with E-state index >= 15 is 0 Å². The average Bonchev–Trinajstić information content (AvgIpc) is 2.61. The first-order chi connectivity index (χ1) is 12.2. The minimum absolute atomic E-state index is 0.297. The summed E-state index contributed by atoms with van der Waals surface area (Å²) in [5.74, 6) is 0. The number of nitrogens with one attached hydrogen (secondary N) is 2. The summed E-state index contributed by atoms with van der Waals surface area (Å²) < 4.78 is 17.2. The van der Waals surface area contributed by atoms with Gasteiger partial charge in [-0.15, -0.1) is 0 Å². The molecule has 148 valence electrons. The molecule has 0 aliphatic heterocycles. The number of isocyanates is 1. The van der Waals surface area contributed by atoms with Crippen LogP contribution in [0.3, 0.4) is 0 Å². The molecule has 2 N–H and O–H groups in total. The maximum absolute atomic E-state index is 10.9. The molecule has 0 rings (SSSR count). The van der Waals surface area contributed by atoms with Gasteiger partial charge in [0.1, 0.15) is 5.54 Å². The van der Waals surface area contributed by atoms with Crippen LogP contribution in [0.15, 0.2) is 4.99 Å². The third-order valence-electron chi connectivity index (χ3n) is 3.72. The number of ether oxygens (including phenoxy) is 3. The van der Waals surface area contributed by atoms with Crippen LogP contribution in [-0.2, 0) is 19.0 Å². The fraction of sp³-hybridized carbons (Fsp3) is 0.944. The van der Waals surface area contributed by atoms with Gasteiger partial charge in [0.25, 0.3) is 0 Å². The van der Waals surface area contributed by atoms with Crippen molar-refractivity contribution in [2.75, 3.05) is 66.8 Å². The third kappa shape index (κ3) is 14.1. The van der Waals surface area contributed by atoms with Crippen molar-refractivity contribution < 1.29 is 19.0 Å². The maximum atomic E-state index is 10.9. The second-order valence-corrected chi connectivity index (χ2v) is 6.21. The molecule has 0 unspecified atom stereocenters. The summed E-state index contributed by atoms with van der Waals surface area (Å²) >= 11 is 0. The summed E-state index contributed by atoms with van der Waals surface area (Å²) in [6.45, 7) is 6.69. The second kappa shape index (κ2) is 18.0. The van der Waals surface area contributed by atoms with Crippen molar-refractivity contribution in [2.24, 2.45) is 4.99 Å². The van der Waals surface area contributed by atoms with Crippen molar-refractivity contribution >= 4 is 6.08 Å². The van der Waals surface area contributed by atoms with Crippen molar-refractivity contribution in [3.63, 3.8) is 0 Å². The first-order valence-electron chi connectivity index (χ1n) is 9.36. The van der Waals surface area contributed by atoms with Crippen LogP contribution in [0.4, 0.5) is 0 Å². The van der Waals surface area contributed by atoms with Crippen molar-refractivity contribution in [2.45, 2.75) is 44.6 Å². The van der Waals surface area contributed by atoms with Gasteiger partial charge >= 0.3 is 0 Å². The molecule has 0 aromatic carbocycles. The molecule has 0 aliphatic rings. The molecular weight excluding hydrogens is 322 g/mol. The van der Waals surface area contributed by atoms with Gasteiger partial charge in [0, 0.05) is 19.8 Å². The largest absolute Gasteiger partial charge is 0.379 e. The molecule has 0 spiro atoms. The Morgan fingerprint density at radius 2 is 1.32 bits per heavy atom. The molecule has 0 fully saturated rings. The summed E-state index contributed by atoms with van der Waals surface area (Å²) in [4.78, 5) is 14.9. The van der Waals surface area contributed by atoms with Crippen LogP contribution in [0.25, 0.3) is 0 Å². The average molecular weight is 360 g/mol. The fourth-order valence-electron chi connectivity index (χ4n) is 2.26. The van der Waals surface area contributed by atoms with Crippen molar-refractivity contribution in [1.29, 1.82) is 0 Å². The smallest absolute Gasteiger partial charge is 0.235 e. The van der Waals surface area contributed by atoms with Gasteiger partial charge in [0.2, 0.25) is 6.08 Å². The molecule has 0 saturated heterocycles. The van der Waals surface area contributed by atoms with Gasteiger partial charge in [-0.05, 0) is 46.4 Å². The van der Waals surface area contributed by atoms with E-state index in [1.54, 1.807) is 6.08 Å². The number of aliphatic imine (C=N–C) groups is 1. The third-order valence-corrected chi connectivity index (χ3v) is 3.72. The zero-order valence-corrected chi connectivity index (χ0v) is 16.3. The van der Waals surface area contributed by atoms with Crippen molar-refractivity contribution in [1.82, 2.24) is 10.6 Å². The molecule has 0 bridgehead atoms. The van der Waals surface area contributed by atoms with E-state index in [2.05, 4.69) is 22.5 Å². The van der Waals surface area contributed by atoms with E-state index < -0.39 is 5.54 Å². The van der Waals surface area contributed by atoms with Crippen molar-refractivity contribution in [3.05, 3.63) is 0 Å². The Balaban J connectivity index is 4.48. The predicted octanol–water partition coefficient (Wildman–Crippen LogP) is 1.52. The summed E-state index contributed by atoms with van der Waals surface area (Å²) in [5.41, 5.74) is -0.812. The van der Waals surface area contributed by atoms with Gasteiger partial charge in [-0.25, -0.2) is 4.79 Å². The van der Waals surface area contributed by atoms with E-state index in [9.17, 15) is 4.79 Å². The van der Waals surface area contributed by atoms with Crippen LogP contribution in [0.5, 0.6) is 0 Å². The van der Waals surface area contributed by atoms with Crippen LogP contribution < -0.4 is 10.6 Å². The standard InChI is InChI=1S/C18H37N3O4/c1-4-5-6-11-23-14-18(21-17-22,15-24-12-7-9-19-2)16-25-13-8-10-20-3/h19-20H,4-16H2,1-3H3. The van der Waals surface area contributed by atoms with E-state index in [1.807, 2.05) is 14.1 Å². The Bertz CT molecular complexity index is 300.